The highest BCUT2D eigenvalue weighted by atomic mass is 19.4. The quantitative estimate of drug-likeness (QED) is 0.273. The van der Waals surface area contributed by atoms with E-state index in [0.29, 0.717) is 17.5 Å². The Hall–Kier alpha value is -4.88. The minimum Gasteiger partial charge on any atom is -0.417 e. The van der Waals surface area contributed by atoms with Gasteiger partial charge < -0.3 is 15.5 Å². The second kappa shape index (κ2) is 11.8. The van der Waals surface area contributed by atoms with Crippen LogP contribution in [0.25, 0.3) is 11.4 Å². The Balaban J connectivity index is 1.56. The van der Waals surface area contributed by atoms with Crippen LogP contribution < -0.4 is 16.6 Å². The fourth-order valence-electron chi connectivity index (χ4n) is 4.28. The van der Waals surface area contributed by atoms with Crippen LogP contribution >= 0.6 is 0 Å². The second-order valence-electron chi connectivity index (χ2n) is 10.8. The molecule has 1 atom stereocenters. The van der Waals surface area contributed by atoms with Gasteiger partial charge in [0.25, 0.3) is 11.4 Å². The predicted octanol–water partition coefficient (Wildman–Crippen LogP) is 3.95. The molecule has 226 valence electrons. The van der Waals surface area contributed by atoms with E-state index >= 15 is 0 Å². The maximum atomic E-state index is 13.4. The molecular weight excluding hydrogens is 567 g/mol. The lowest BCUT2D eigenvalue weighted by Gasteiger charge is -2.21. The lowest BCUT2D eigenvalue weighted by molar-refractivity contribution is -0.137. The number of carbonyl (C=O) groups is 2. The van der Waals surface area contributed by atoms with Gasteiger partial charge in [0, 0.05) is 11.8 Å². The molecule has 4 rings (SSSR count). The molecular formula is C29H30F3N7O4. The van der Waals surface area contributed by atoms with Gasteiger partial charge in [-0.15, -0.1) is 10.2 Å². The monoisotopic (exact) mass is 597 g/mol. The first-order chi connectivity index (χ1) is 20.1. The smallest absolute Gasteiger partial charge is 0.417 e. The molecule has 0 spiro atoms. The van der Waals surface area contributed by atoms with Gasteiger partial charge in [-0.25, -0.2) is 4.98 Å². The summed E-state index contributed by atoms with van der Waals surface area (Å²) >= 11 is 0. The molecule has 0 saturated heterocycles. The Kier molecular flexibility index (Phi) is 8.51. The largest absolute Gasteiger partial charge is 0.417 e. The number of hydrogen-bond donors (Lipinski definition) is 2. The van der Waals surface area contributed by atoms with Crippen LogP contribution in [0.2, 0.25) is 0 Å². The van der Waals surface area contributed by atoms with Gasteiger partial charge in [0.1, 0.15) is 18.1 Å². The fourth-order valence-corrected chi connectivity index (χ4v) is 4.28. The summed E-state index contributed by atoms with van der Waals surface area (Å²) in [6, 6.07) is 9.78. The van der Waals surface area contributed by atoms with Gasteiger partial charge >= 0.3 is 6.18 Å². The van der Waals surface area contributed by atoms with Crippen molar-refractivity contribution in [1.82, 2.24) is 30.0 Å². The Morgan fingerprint density at radius 2 is 1.74 bits per heavy atom. The number of rotatable bonds is 9. The topological polar surface area (TPSA) is 159 Å². The van der Waals surface area contributed by atoms with Crippen molar-refractivity contribution in [3.05, 3.63) is 87.7 Å². The summed E-state index contributed by atoms with van der Waals surface area (Å²) in [4.78, 5) is 48.0. The zero-order valence-electron chi connectivity index (χ0n) is 24.1. The van der Waals surface area contributed by atoms with E-state index in [4.69, 9.17) is 10.2 Å². The van der Waals surface area contributed by atoms with Crippen LogP contribution in [0.15, 0.2) is 57.9 Å². The number of amides is 1. The number of Topliss-reactive ketones (excluding diaryl/α,β-unsaturated/α-hetero) is 1. The van der Waals surface area contributed by atoms with Crippen LogP contribution in [-0.2, 0) is 22.9 Å². The van der Waals surface area contributed by atoms with Crippen molar-refractivity contribution in [2.45, 2.75) is 58.8 Å². The number of aromatic nitrogens is 5. The van der Waals surface area contributed by atoms with Gasteiger partial charge in [-0.1, -0.05) is 44.2 Å². The molecule has 0 aliphatic carbocycles. The highest BCUT2D eigenvalue weighted by molar-refractivity contribution is 5.98. The molecule has 0 radical (unpaired) electrons. The lowest BCUT2D eigenvalue weighted by Crippen LogP contribution is -2.46. The number of alkyl halides is 3. The highest BCUT2D eigenvalue weighted by Gasteiger charge is 2.36. The van der Waals surface area contributed by atoms with Crippen LogP contribution in [0.3, 0.4) is 0 Å². The Bertz CT molecular complexity index is 1700. The average Bonchev–Trinajstić information content (AvgIpc) is 3.47. The SMILES string of the molecule is Cc1nc(-c2ccccc2)n(CC(=O)NC(C(=O)c2nnc(C(C)(C)c3ccc(C(F)(F)F)cn3)o2)C(C)C)c(=O)c1N. The summed E-state index contributed by atoms with van der Waals surface area (Å²) in [5, 5.41) is 10.4. The van der Waals surface area contributed by atoms with E-state index in [0.717, 1.165) is 10.6 Å². The molecule has 11 nitrogen and oxygen atoms in total. The van der Waals surface area contributed by atoms with E-state index in [-0.39, 0.29) is 23.1 Å². The number of nitrogens with zero attached hydrogens (tertiary/aromatic N) is 5. The highest BCUT2D eigenvalue weighted by Crippen LogP contribution is 2.33. The zero-order chi connectivity index (χ0) is 31.7. The first-order valence-corrected chi connectivity index (χ1v) is 13.2. The van der Waals surface area contributed by atoms with Crippen molar-refractivity contribution in [1.29, 1.82) is 0 Å². The van der Waals surface area contributed by atoms with Gasteiger partial charge in [0.15, 0.2) is 0 Å². The van der Waals surface area contributed by atoms with E-state index in [1.54, 1.807) is 65.0 Å². The second-order valence-corrected chi connectivity index (χ2v) is 10.8. The molecule has 1 unspecified atom stereocenters. The number of nitrogen functional groups attached to an aromatic ring is 1. The summed E-state index contributed by atoms with van der Waals surface area (Å²) in [5.41, 5.74) is 4.29. The number of pyridine rings is 1. The number of nitrogens with one attached hydrogen (secondary N) is 1. The van der Waals surface area contributed by atoms with Crippen LogP contribution in [0, 0.1) is 12.8 Å². The number of carbonyl (C=O) groups excluding carboxylic acids is 2. The summed E-state index contributed by atoms with van der Waals surface area (Å²) in [7, 11) is 0. The maximum absolute atomic E-state index is 13.4. The maximum Gasteiger partial charge on any atom is 0.417 e. The fraction of sp³-hybridized carbons (Fsp3) is 0.345. The molecule has 0 bridgehead atoms. The van der Waals surface area contributed by atoms with Gasteiger partial charge in [0.2, 0.25) is 17.6 Å². The lowest BCUT2D eigenvalue weighted by atomic mass is 9.88. The summed E-state index contributed by atoms with van der Waals surface area (Å²) in [6.45, 7) is 7.73. The zero-order valence-corrected chi connectivity index (χ0v) is 24.1. The Morgan fingerprint density at radius 1 is 1.07 bits per heavy atom. The van der Waals surface area contributed by atoms with E-state index < -0.39 is 58.8 Å². The van der Waals surface area contributed by atoms with Crippen molar-refractivity contribution in [3.63, 3.8) is 0 Å². The van der Waals surface area contributed by atoms with Gasteiger partial charge in [0.05, 0.1) is 28.4 Å². The van der Waals surface area contributed by atoms with E-state index in [1.165, 1.54) is 6.07 Å². The first kappa shape index (κ1) is 31.1. The molecule has 3 aromatic heterocycles. The van der Waals surface area contributed by atoms with Crippen LogP contribution in [-0.4, -0.2) is 42.5 Å². The predicted molar refractivity (Wildman–Crippen MR) is 150 cm³/mol. The normalized spacial score (nSPS) is 12.8. The van der Waals surface area contributed by atoms with Gasteiger partial charge in [-0.3, -0.25) is 23.9 Å². The van der Waals surface area contributed by atoms with E-state index in [1.807, 2.05) is 0 Å². The summed E-state index contributed by atoms with van der Waals surface area (Å²) in [5.74, 6) is -2.00. The number of hydrogen-bond acceptors (Lipinski definition) is 9. The molecule has 0 aliphatic heterocycles. The van der Waals surface area contributed by atoms with Gasteiger partial charge in [-0.2, -0.15) is 13.2 Å². The summed E-state index contributed by atoms with van der Waals surface area (Å²) in [6.07, 6.45) is -3.84. The Morgan fingerprint density at radius 3 is 2.33 bits per heavy atom. The van der Waals surface area contributed by atoms with E-state index in [9.17, 15) is 27.6 Å². The molecule has 0 fully saturated rings. The molecule has 1 amide bonds. The minimum atomic E-state index is -4.55. The Labute approximate surface area is 244 Å². The first-order valence-electron chi connectivity index (χ1n) is 13.2. The third-order valence-electron chi connectivity index (χ3n) is 6.90. The third kappa shape index (κ3) is 6.47. The van der Waals surface area contributed by atoms with Crippen LogP contribution in [0.4, 0.5) is 18.9 Å². The molecule has 0 aliphatic rings. The average molecular weight is 598 g/mol. The van der Waals surface area contributed by atoms with Crippen molar-refractivity contribution in [3.8, 4) is 11.4 Å². The standard InChI is InChI=1S/C29H30F3N7O4/c1-15(2)22(36-20(40)14-39-24(17-9-7-6-8-10-17)35-16(3)21(33)26(39)42)23(41)25-37-38-27(43-25)28(4,5)19-12-11-18(13-34-19)29(30,31)32/h6-13,15,22H,14,33H2,1-5H3,(H,36,40). The number of halogens is 3. The molecule has 3 heterocycles. The van der Waals surface area contributed by atoms with Crippen molar-refractivity contribution in [2.75, 3.05) is 5.73 Å². The number of ketones is 1. The number of anilines is 1. The van der Waals surface area contributed by atoms with E-state index in [2.05, 4.69) is 25.5 Å². The third-order valence-corrected chi connectivity index (χ3v) is 6.90. The number of benzene rings is 1. The number of nitrogens with two attached hydrogens (primary N) is 1. The molecule has 4 aromatic rings. The number of aryl methyl sites for hydroxylation is 1. The molecule has 0 saturated carbocycles. The van der Waals surface area contributed by atoms with Crippen molar-refractivity contribution in [2.24, 2.45) is 5.92 Å². The van der Waals surface area contributed by atoms with Crippen molar-refractivity contribution >= 4 is 17.4 Å². The molecule has 3 N–H and O–H groups in total. The van der Waals surface area contributed by atoms with Crippen molar-refractivity contribution < 1.29 is 27.2 Å². The van der Waals surface area contributed by atoms with Gasteiger partial charge in [-0.05, 0) is 38.8 Å². The molecule has 1 aromatic carbocycles. The molecule has 14 heteroatoms. The summed E-state index contributed by atoms with van der Waals surface area (Å²) < 4.78 is 45.7. The minimum absolute atomic E-state index is 0.0581. The van der Waals surface area contributed by atoms with Crippen LogP contribution in [0.5, 0.6) is 0 Å². The van der Waals surface area contributed by atoms with Crippen LogP contribution in [0.1, 0.15) is 61.2 Å². The molecule has 43 heavy (non-hydrogen) atoms.